The molecule has 0 saturated heterocycles. The summed E-state index contributed by atoms with van der Waals surface area (Å²) in [6.45, 7) is 6.02. The van der Waals surface area contributed by atoms with Crippen LogP contribution in [-0.2, 0) is 21.6 Å². The van der Waals surface area contributed by atoms with Crippen LogP contribution in [0.2, 0.25) is 0 Å². The fraction of sp³-hybridized carbons (Fsp3) is 0.278. The van der Waals surface area contributed by atoms with Crippen LogP contribution in [0.5, 0.6) is 0 Å². The van der Waals surface area contributed by atoms with Gasteiger partial charge in [0.2, 0.25) is 0 Å². The minimum absolute atomic E-state index is 0.0201. The van der Waals surface area contributed by atoms with Crippen LogP contribution in [0, 0.1) is 0 Å². The van der Waals surface area contributed by atoms with Gasteiger partial charge in [0.25, 0.3) is 10.0 Å². The summed E-state index contributed by atoms with van der Waals surface area (Å²) in [7, 11) is -3.90. The van der Waals surface area contributed by atoms with Gasteiger partial charge in [-0.15, -0.1) is 0 Å². The van der Waals surface area contributed by atoms with E-state index in [-0.39, 0.29) is 15.9 Å². The summed E-state index contributed by atoms with van der Waals surface area (Å²) in [5, 5.41) is 3.55. The van der Waals surface area contributed by atoms with Gasteiger partial charge < -0.3 is 0 Å². The molecule has 0 radical (unpaired) electrons. The Balaban J connectivity index is 2.14. The third kappa shape index (κ3) is 5.08. The maximum atomic E-state index is 12.7. The maximum absolute atomic E-state index is 12.7. The van der Waals surface area contributed by atoms with Crippen molar-refractivity contribution in [3.05, 3.63) is 65.2 Å². The second kappa shape index (κ2) is 7.11. The molecule has 0 amide bonds. The third-order valence-corrected chi connectivity index (χ3v) is 4.87. The van der Waals surface area contributed by atoms with Gasteiger partial charge in [-0.1, -0.05) is 45.0 Å². The zero-order valence-electron chi connectivity index (χ0n) is 14.5. The highest BCUT2D eigenvalue weighted by Gasteiger charge is 2.30. The molecule has 4 nitrogen and oxygen atoms in total. The van der Waals surface area contributed by atoms with Crippen LogP contribution in [0.25, 0.3) is 0 Å². The van der Waals surface area contributed by atoms with Crippen LogP contribution < -0.4 is 4.83 Å². The monoisotopic (exact) mass is 384 g/mol. The van der Waals surface area contributed by atoms with Crippen molar-refractivity contribution >= 4 is 16.2 Å². The van der Waals surface area contributed by atoms with Crippen molar-refractivity contribution in [1.29, 1.82) is 0 Å². The number of nitrogens with one attached hydrogen (secondary N) is 1. The third-order valence-electron chi connectivity index (χ3n) is 3.63. The Morgan fingerprint density at radius 3 is 2.12 bits per heavy atom. The summed E-state index contributed by atoms with van der Waals surface area (Å²) in [5.41, 5.74) is 0.161. The van der Waals surface area contributed by atoms with E-state index in [4.69, 9.17) is 0 Å². The van der Waals surface area contributed by atoms with Crippen LogP contribution in [-0.4, -0.2) is 14.6 Å². The van der Waals surface area contributed by atoms with E-state index in [1.165, 1.54) is 24.3 Å². The average molecular weight is 384 g/mol. The van der Waals surface area contributed by atoms with Crippen molar-refractivity contribution in [3.8, 4) is 0 Å². The van der Waals surface area contributed by atoms with E-state index in [0.29, 0.717) is 0 Å². The molecule has 0 aliphatic rings. The number of benzene rings is 2. The first-order chi connectivity index (χ1) is 11.9. The molecule has 0 spiro atoms. The van der Waals surface area contributed by atoms with Crippen molar-refractivity contribution in [1.82, 2.24) is 4.83 Å². The summed E-state index contributed by atoms with van der Waals surface area (Å²) < 4.78 is 62.4. The molecular weight excluding hydrogens is 365 g/mol. The summed E-state index contributed by atoms with van der Waals surface area (Å²) in [6.07, 6.45) is -3.45. The Kier molecular flexibility index (Phi) is 5.46. The van der Waals surface area contributed by atoms with Gasteiger partial charge in [-0.25, -0.2) is 4.83 Å². The smallest absolute Gasteiger partial charge is 0.200 e. The number of hydrogen-bond donors (Lipinski definition) is 1. The van der Waals surface area contributed by atoms with Crippen LogP contribution in [0.15, 0.2) is 58.5 Å². The molecule has 2 rings (SSSR count). The maximum Gasteiger partial charge on any atom is 0.416 e. The second-order valence-corrected chi connectivity index (χ2v) is 8.41. The fourth-order valence-electron chi connectivity index (χ4n) is 2.15. The van der Waals surface area contributed by atoms with Crippen LogP contribution in [0.1, 0.15) is 37.5 Å². The van der Waals surface area contributed by atoms with Gasteiger partial charge in [-0.05, 0) is 40.8 Å². The normalized spacial score (nSPS) is 13.2. The van der Waals surface area contributed by atoms with Gasteiger partial charge in [-0.2, -0.15) is 26.7 Å². The summed E-state index contributed by atoms with van der Waals surface area (Å²) in [5.74, 6) is 0. The lowest BCUT2D eigenvalue weighted by atomic mass is 9.87. The summed E-state index contributed by atoms with van der Waals surface area (Å²) in [4.78, 5) is 2.02. The number of hydrogen-bond acceptors (Lipinski definition) is 3. The minimum atomic E-state index is -4.47. The van der Waals surface area contributed by atoms with E-state index in [9.17, 15) is 21.6 Å². The Morgan fingerprint density at radius 2 is 1.58 bits per heavy atom. The summed E-state index contributed by atoms with van der Waals surface area (Å²) in [6, 6.07) is 10.8. The van der Waals surface area contributed by atoms with Crippen molar-refractivity contribution < 1.29 is 21.6 Å². The molecule has 8 heteroatoms. The molecule has 0 aliphatic heterocycles. The fourth-order valence-corrected chi connectivity index (χ4v) is 2.94. The predicted molar refractivity (Wildman–Crippen MR) is 94.5 cm³/mol. The zero-order valence-corrected chi connectivity index (χ0v) is 15.3. The molecule has 1 N–H and O–H groups in total. The molecule has 0 aliphatic carbocycles. The average Bonchev–Trinajstić information content (AvgIpc) is 2.53. The number of hydrazone groups is 1. The van der Waals surface area contributed by atoms with E-state index in [2.05, 4.69) is 5.10 Å². The van der Waals surface area contributed by atoms with Crippen molar-refractivity contribution in [2.75, 3.05) is 0 Å². The Morgan fingerprint density at radius 1 is 0.962 bits per heavy atom. The molecule has 0 atom stereocenters. The van der Waals surface area contributed by atoms with E-state index in [0.717, 1.165) is 23.9 Å². The van der Waals surface area contributed by atoms with Crippen molar-refractivity contribution in [3.63, 3.8) is 0 Å². The Labute approximate surface area is 150 Å². The number of halogens is 3. The molecular formula is C18H19F3N2O2S. The van der Waals surface area contributed by atoms with Gasteiger partial charge in [0.05, 0.1) is 16.7 Å². The minimum Gasteiger partial charge on any atom is -0.200 e. The van der Waals surface area contributed by atoms with Crippen LogP contribution >= 0.6 is 0 Å². The molecule has 0 heterocycles. The lowest BCUT2D eigenvalue weighted by molar-refractivity contribution is -0.137. The molecule has 0 aromatic heterocycles. The van der Waals surface area contributed by atoms with Gasteiger partial charge in [0, 0.05) is 0 Å². The Bertz CT molecular complexity index is 897. The first kappa shape index (κ1) is 20.0. The predicted octanol–water partition coefficient (Wildman–Crippen LogP) is 4.32. The van der Waals surface area contributed by atoms with Gasteiger partial charge in [-0.3, -0.25) is 0 Å². The highest BCUT2D eigenvalue weighted by atomic mass is 32.2. The zero-order chi connectivity index (χ0) is 19.6. The van der Waals surface area contributed by atoms with Crippen molar-refractivity contribution in [2.24, 2.45) is 5.10 Å². The van der Waals surface area contributed by atoms with E-state index >= 15 is 0 Å². The highest BCUT2D eigenvalue weighted by molar-refractivity contribution is 7.89. The van der Waals surface area contributed by atoms with Gasteiger partial charge in [0.1, 0.15) is 0 Å². The standard InChI is InChI=1S/C18H19F3N2O2S/c1-17(2,3)14-7-9-16(10-8-14)26(24,25)23-22-12-13-5-4-6-15(11-13)18(19,20)21/h4-12,23H,1-3H3/b22-12+. The SMILES string of the molecule is CC(C)(C)c1ccc(S(=O)(=O)N/N=C/c2cccc(C(F)(F)F)c2)cc1. The van der Waals surface area contributed by atoms with Crippen LogP contribution in [0.3, 0.4) is 0 Å². The van der Waals surface area contributed by atoms with E-state index in [1.54, 1.807) is 12.1 Å². The molecule has 2 aromatic rings. The first-order valence-corrected chi connectivity index (χ1v) is 9.20. The Hall–Kier alpha value is -2.35. The lowest BCUT2D eigenvalue weighted by Gasteiger charge is -2.19. The molecule has 140 valence electrons. The molecule has 26 heavy (non-hydrogen) atoms. The van der Waals surface area contributed by atoms with Gasteiger partial charge >= 0.3 is 6.18 Å². The number of sulfonamides is 1. The van der Waals surface area contributed by atoms with Gasteiger partial charge in [0.15, 0.2) is 0 Å². The first-order valence-electron chi connectivity index (χ1n) is 7.72. The van der Waals surface area contributed by atoms with E-state index in [1.807, 2.05) is 25.6 Å². The molecule has 0 bridgehead atoms. The number of nitrogens with zero attached hydrogens (tertiary/aromatic N) is 1. The highest BCUT2D eigenvalue weighted by Crippen LogP contribution is 2.29. The van der Waals surface area contributed by atoms with Crippen molar-refractivity contribution in [2.45, 2.75) is 37.3 Å². The van der Waals surface area contributed by atoms with E-state index < -0.39 is 21.8 Å². The van der Waals surface area contributed by atoms with Crippen LogP contribution in [0.4, 0.5) is 13.2 Å². The quantitative estimate of drug-likeness (QED) is 0.631. The summed E-state index contributed by atoms with van der Waals surface area (Å²) >= 11 is 0. The molecule has 0 saturated carbocycles. The lowest BCUT2D eigenvalue weighted by Crippen LogP contribution is -2.19. The molecule has 2 aromatic carbocycles. The molecule has 0 unspecified atom stereocenters. The molecule has 0 fully saturated rings. The number of alkyl halides is 3. The number of rotatable bonds is 4. The topological polar surface area (TPSA) is 58.5 Å². The largest absolute Gasteiger partial charge is 0.416 e. The second-order valence-electron chi connectivity index (χ2n) is 6.75.